The maximum atomic E-state index is 13.4. The van der Waals surface area contributed by atoms with Crippen LogP contribution in [0.1, 0.15) is 64.6 Å². The monoisotopic (exact) mass is 846 g/mol. The van der Waals surface area contributed by atoms with E-state index in [1.54, 1.807) is 22.4 Å². The average molecular weight is 847 g/mol. The molecule has 308 valence electrons. The van der Waals surface area contributed by atoms with Gasteiger partial charge >= 0.3 is 0 Å². The van der Waals surface area contributed by atoms with Gasteiger partial charge in [-0.15, -0.1) is 21.5 Å². The Balaban J connectivity index is 0.807. The van der Waals surface area contributed by atoms with Crippen LogP contribution in [0.15, 0.2) is 65.8 Å². The molecule has 0 saturated carbocycles. The molecule has 6 aromatic rings. The molecule has 0 spiro atoms. The number of thiophene rings is 1. The van der Waals surface area contributed by atoms with E-state index in [1.165, 1.54) is 4.88 Å². The molecule has 2 aromatic carbocycles. The number of aromatic nitrogens is 5. The molecule has 3 aliphatic heterocycles. The van der Waals surface area contributed by atoms with E-state index in [4.69, 9.17) is 21.3 Å². The number of carbonyl (C=O) groups is 4. The minimum Gasteiger partial charge on any atom is -0.370 e. The molecule has 3 aliphatic rings. The summed E-state index contributed by atoms with van der Waals surface area (Å²) in [5, 5.41) is 17.8. The van der Waals surface area contributed by atoms with Gasteiger partial charge in [0.15, 0.2) is 5.82 Å². The first-order valence-corrected chi connectivity index (χ1v) is 21.2. The second-order valence-electron chi connectivity index (χ2n) is 15.3. The van der Waals surface area contributed by atoms with Crippen LogP contribution in [0.5, 0.6) is 0 Å². The minimum atomic E-state index is -0.593. The number of hydrogen-bond acceptors (Lipinski definition) is 11. The molecule has 7 heterocycles. The van der Waals surface area contributed by atoms with Crippen molar-refractivity contribution in [1.82, 2.24) is 39.8 Å². The van der Waals surface area contributed by atoms with Crippen molar-refractivity contribution in [2.24, 2.45) is 4.99 Å². The Bertz CT molecular complexity index is 2710. The van der Waals surface area contributed by atoms with E-state index >= 15 is 0 Å². The van der Waals surface area contributed by atoms with Gasteiger partial charge in [-0.2, -0.15) is 0 Å². The predicted octanol–water partition coefficient (Wildman–Crippen LogP) is 5.15. The molecular formula is C43H43ClN10O5S. The maximum Gasteiger partial charge on any atom is 0.249 e. The third-order valence-electron chi connectivity index (χ3n) is 11.6. The number of carbonyl (C=O) groups excluding carboxylic acids is 4. The summed E-state index contributed by atoms with van der Waals surface area (Å²) in [6.07, 6.45) is 2.44. The lowest BCUT2D eigenvalue weighted by atomic mass is 9.99. The molecule has 17 heteroatoms. The highest BCUT2D eigenvalue weighted by Gasteiger charge is 2.34. The van der Waals surface area contributed by atoms with Crippen LogP contribution in [-0.4, -0.2) is 104 Å². The highest BCUT2D eigenvalue weighted by Crippen LogP contribution is 2.41. The van der Waals surface area contributed by atoms with Crippen molar-refractivity contribution in [3.8, 4) is 5.00 Å². The molecule has 0 radical (unpaired) electrons. The van der Waals surface area contributed by atoms with Crippen molar-refractivity contribution >= 4 is 79.9 Å². The topological polar surface area (TPSA) is 169 Å². The molecule has 4 aromatic heterocycles. The van der Waals surface area contributed by atoms with Crippen molar-refractivity contribution < 1.29 is 23.9 Å². The number of aliphatic imine (C=N–C) groups is 1. The fourth-order valence-electron chi connectivity index (χ4n) is 8.50. The zero-order chi connectivity index (χ0) is 41.7. The Morgan fingerprint density at radius 1 is 1.00 bits per heavy atom. The highest BCUT2D eigenvalue weighted by atomic mass is 35.5. The number of imide groups is 1. The van der Waals surface area contributed by atoms with Gasteiger partial charge < -0.3 is 24.4 Å². The van der Waals surface area contributed by atoms with E-state index in [0.29, 0.717) is 49.1 Å². The number of ether oxygens (including phenoxy) is 1. The van der Waals surface area contributed by atoms with E-state index in [2.05, 4.69) is 50.6 Å². The molecule has 1 unspecified atom stereocenters. The molecular weight excluding hydrogens is 804 g/mol. The molecule has 4 amide bonds. The van der Waals surface area contributed by atoms with Gasteiger partial charge in [0, 0.05) is 82.8 Å². The second kappa shape index (κ2) is 16.2. The molecule has 2 fully saturated rings. The third-order valence-corrected chi connectivity index (χ3v) is 13.0. The Kier molecular flexibility index (Phi) is 10.7. The first kappa shape index (κ1) is 39.5. The van der Waals surface area contributed by atoms with Gasteiger partial charge in [-0.25, -0.2) is 4.98 Å². The number of amides is 4. The summed E-state index contributed by atoms with van der Waals surface area (Å²) in [5.41, 5.74) is 6.36. The normalized spacial score (nSPS) is 18.0. The van der Waals surface area contributed by atoms with E-state index in [9.17, 15) is 19.2 Å². The first-order valence-electron chi connectivity index (χ1n) is 20.0. The number of hydrogen-bond donors (Lipinski definition) is 2. The van der Waals surface area contributed by atoms with Gasteiger partial charge in [0.25, 0.3) is 0 Å². The summed E-state index contributed by atoms with van der Waals surface area (Å²) in [7, 11) is 0. The highest BCUT2D eigenvalue weighted by molar-refractivity contribution is 7.15. The third kappa shape index (κ3) is 7.22. The van der Waals surface area contributed by atoms with E-state index < -0.39 is 12.1 Å². The standard InChI is InChI=1S/C43H43ClN10O5S/c1-24-25(2)60-43-37(24)39(27-9-11-28(44)12-10-27)47-30(41-50-49-26(3)53(41)43)22-35(56)45-16-21-59-23-36(57)52-19-17-51(18-20-52)31-7-4-8-32-38(31)29-6-5-15-46-40(29)54(32)33-13-14-34(55)48-42(33)58/h4-12,15,30,33H,13-14,16-23H2,1-3H3,(H,45,56)(H,48,55,58)/t30-,33?/m0/s1. The summed E-state index contributed by atoms with van der Waals surface area (Å²) >= 11 is 7.89. The van der Waals surface area contributed by atoms with Gasteiger partial charge in [0.1, 0.15) is 35.2 Å². The Hall–Kier alpha value is -5.97. The zero-order valence-corrected chi connectivity index (χ0v) is 35.0. The van der Waals surface area contributed by atoms with Gasteiger partial charge in [-0.05, 0) is 69.2 Å². The number of anilines is 1. The number of nitrogens with one attached hydrogen (secondary N) is 2. The van der Waals surface area contributed by atoms with Crippen LogP contribution < -0.4 is 15.5 Å². The van der Waals surface area contributed by atoms with Crippen molar-refractivity contribution in [2.75, 3.05) is 50.8 Å². The summed E-state index contributed by atoms with van der Waals surface area (Å²) < 4.78 is 9.72. The van der Waals surface area contributed by atoms with Crippen LogP contribution >= 0.6 is 22.9 Å². The number of fused-ring (bicyclic) bond motifs is 6. The molecule has 0 aliphatic carbocycles. The number of rotatable bonds is 10. The van der Waals surface area contributed by atoms with Crippen LogP contribution in [-0.2, 0) is 23.9 Å². The molecule has 2 saturated heterocycles. The van der Waals surface area contributed by atoms with E-state index in [-0.39, 0.29) is 56.2 Å². The molecule has 60 heavy (non-hydrogen) atoms. The largest absolute Gasteiger partial charge is 0.370 e. The van der Waals surface area contributed by atoms with Crippen LogP contribution in [0.2, 0.25) is 5.02 Å². The fourth-order valence-corrected chi connectivity index (χ4v) is 9.84. The van der Waals surface area contributed by atoms with Gasteiger partial charge in [0.05, 0.1) is 24.3 Å². The maximum absolute atomic E-state index is 13.4. The minimum absolute atomic E-state index is 0.0487. The molecule has 2 N–H and O–H groups in total. The molecule has 9 rings (SSSR count). The van der Waals surface area contributed by atoms with Crippen molar-refractivity contribution in [1.29, 1.82) is 0 Å². The Labute approximate surface area is 354 Å². The van der Waals surface area contributed by atoms with Crippen molar-refractivity contribution in [3.05, 3.63) is 99.0 Å². The second-order valence-corrected chi connectivity index (χ2v) is 16.9. The van der Waals surface area contributed by atoms with Crippen LogP contribution in [0.4, 0.5) is 5.69 Å². The van der Waals surface area contributed by atoms with Gasteiger partial charge in [-0.3, -0.25) is 34.1 Å². The fraction of sp³-hybridized carbons (Fsp3) is 0.349. The quantitative estimate of drug-likeness (QED) is 0.140. The van der Waals surface area contributed by atoms with Crippen molar-refractivity contribution in [2.45, 2.75) is 52.1 Å². The SMILES string of the molecule is Cc1sc2c(c1C)C(c1ccc(Cl)cc1)=N[C@@H](CC(=O)NCCOCC(=O)N1CCN(c3cccc4c3c3cccnc3n4C3CCC(=O)NC3=O)CC1)c1nnc(C)n1-2. The number of aryl methyl sites for hydroxylation is 2. The number of piperazine rings is 1. The van der Waals surface area contributed by atoms with E-state index in [1.807, 2.05) is 64.6 Å². The van der Waals surface area contributed by atoms with E-state index in [0.717, 1.165) is 55.2 Å². The molecule has 0 bridgehead atoms. The number of pyridine rings is 1. The smallest absolute Gasteiger partial charge is 0.249 e. The van der Waals surface area contributed by atoms with Gasteiger partial charge in [-0.1, -0.05) is 29.8 Å². The van der Waals surface area contributed by atoms with Crippen LogP contribution in [0.3, 0.4) is 0 Å². The summed E-state index contributed by atoms with van der Waals surface area (Å²) in [5.74, 6) is 0.395. The summed E-state index contributed by atoms with van der Waals surface area (Å²) in [4.78, 5) is 66.6. The van der Waals surface area contributed by atoms with Crippen LogP contribution in [0.25, 0.3) is 26.9 Å². The molecule has 2 atom stereocenters. The Morgan fingerprint density at radius 2 is 1.80 bits per heavy atom. The number of benzene rings is 2. The number of nitrogens with zero attached hydrogens (tertiary/aromatic N) is 8. The lowest BCUT2D eigenvalue weighted by Crippen LogP contribution is -2.50. The summed E-state index contributed by atoms with van der Waals surface area (Å²) in [6.45, 7) is 8.60. The van der Waals surface area contributed by atoms with Gasteiger partial charge in [0.2, 0.25) is 23.6 Å². The Morgan fingerprint density at radius 3 is 2.58 bits per heavy atom. The van der Waals surface area contributed by atoms with Crippen LogP contribution in [0, 0.1) is 20.8 Å². The zero-order valence-electron chi connectivity index (χ0n) is 33.4. The molecule has 15 nitrogen and oxygen atoms in total. The first-order chi connectivity index (χ1) is 29.1. The average Bonchev–Trinajstić information content (AvgIpc) is 3.86. The lowest BCUT2D eigenvalue weighted by Gasteiger charge is -2.36. The predicted molar refractivity (Wildman–Crippen MR) is 229 cm³/mol. The van der Waals surface area contributed by atoms with Crippen molar-refractivity contribution in [3.63, 3.8) is 0 Å². The lowest BCUT2D eigenvalue weighted by molar-refractivity contribution is -0.137. The summed E-state index contributed by atoms with van der Waals surface area (Å²) in [6, 6.07) is 16.3. The number of halogens is 1. The number of piperidine rings is 1.